The number of carbonyl (C=O) groups is 3. The molecule has 2 amide bonds. The van der Waals surface area contributed by atoms with Gasteiger partial charge in [-0.25, -0.2) is 9.97 Å². The Morgan fingerprint density at radius 1 is 0.920 bits per heavy atom. The van der Waals surface area contributed by atoms with E-state index in [1.807, 2.05) is 42.7 Å². The fourth-order valence-corrected chi connectivity index (χ4v) is 8.94. The summed E-state index contributed by atoms with van der Waals surface area (Å²) in [5, 5.41) is 12.3. The van der Waals surface area contributed by atoms with E-state index >= 15 is 0 Å². The summed E-state index contributed by atoms with van der Waals surface area (Å²) < 4.78 is 0. The van der Waals surface area contributed by atoms with E-state index in [0.717, 1.165) is 52.5 Å². The van der Waals surface area contributed by atoms with Crippen LogP contribution >= 0.6 is 11.3 Å². The number of amides is 2. The van der Waals surface area contributed by atoms with Gasteiger partial charge in [-0.05, 0) is 66.5 Å². The highest BCUT2D eigenvalue weighted by Gasteiger charge is 2.39. The largest absolute Gasteiger partial charge is 0.481 e. The Bertz CT molecular complexity index is 1610. The first-order valence-corrected chi connectivity index (χ1v) is 19.4. The van der Waals surface area contributed by atoms with E-state index in [-0.39, 0.29) is 36.7 Å². The molecule has 0 spiro atoms. The zero-order valence-electron chi connectivity index (χ0n) is 30.1. The number of carbonyl (C=O) groups excluding carboxylic acids is 2. The Morgan fingerprint density at radius 3 is 2.14 bits per heavy atom. The third-order valence-corrected chi connectivity index (χ3v) is 12.7. The molecule has 6 rings (SSSR count). The molecule has 268 valence electrons. The number of piperidine rings is 1. The summed E-state index contributed by atoms with van der Waals surface area (Å²) in [5.74, 6) is 1.30. The monoisotopic (exact) mass is 699 g/mol. The topological polar surface area (TPSA) is 116 Å². The predicted molar refractivity (Wildman–Crippen MR) is 198 cm³/mol. The first-order chi connectivity index (χ1) is 24.0. The average molecular weight is 700 g/mol. The number of hydrogen-bond acceptors (Lipinski definition) is 7. The van der Waals surface area contributed by atoms with Crippen molar-refractivity contribution in [3.63, 3.8) is 0 Å². The van der Waals surface area contributed by atoms with E-state index in [0.29, 0.717) is 10.7 Å². The number of nitrogens with one attached hydrogen (secondary N) is 1. The lowest BCUT2D eigenvalue weighted by Gasteiger charge is -2.39. The highest BCUT2D eigenvalue weighted by molar-refractivity contribution is 7.14. The van der Waals surface area contributed by atoms with Crippen LogP contribution in [-0.4, -0.2) is 70.0 Å². The maximum absolute atomic E-state index is 13.5. The molecule has 0 radical (unpaired) electrons. The molecular weight excluding hydrogens is 647 g/mol. The number of aromatic nitrogens is 2. The van der Waals surface area contributed by atoms with Gasteiger partial charge in [-0.15, -0.1) is 11.3 Å². The number of nitrogens with zero attached hydrogens (tertiary/aromatic N) is 4. The molecule has 50 heavy (non-hydrogen) atoms. The van der Waals surface area contributed by atoms with Gasteiger partial charge < -0.3 is 20.2 Å². The van der Waals surface area contributed by atoms with Crippen LogP contribution in [0.3, 0.4) is 0 Å². The van der Waals surface area contributed by atoms with E-state index in [1.54, 1.807) is 6.07 Å². The summed E-state index contributed by atoms with van der Waals surface area (Å²) in [4.78, 5) is 53.2. The third-order valence-electron chi connectivity index (χ3n) is 11.2. The predicted octanol–water partition coefficient (Wildman–Crippen LogP) is 7.21. The van der Waals surface area contributed by atoms with Crippen molar-refractivity contribution in [2.75, 3.05) is 31.1 Å². The number of aliphatic carboxylic acids is 1. The summed E-state index contributed by atoms with van der Waals surface area (Å²) in [7, 11) is 0. The molecule has 9 nitrogen and oxygen atoms in total. The van der Waals surface area contributed by atoms with Crippen molar-refractivity contribution >= 4 is 34.8 Å². The Kier molecular flexibility index (Phi) is 11.3. The van der Waals surface area contributed by atoms with E-state index in [4.69, 9.17) is 9.97 Å². The minimum absolute atomic E-state index is 0.0858. The lowest BCUT2D eigenvalue weighted by molar-refractivity contribution is -0.153. The molecular formula is C40H53N5O4S. The number of anilines is 1. The van der Waals surface area contributed by atoms with Crippen LogP contribution in [0.1, 0.15) is 99.2 Å². The van der Waals surface area contributed by atoms with Crippen LogP contribution in [0.5, 0.6) is 0 Å². The fraction of sp³-hybridized carbons (Fsp3) is 0.575. The second-order valence-corrected chi connectivity index (χ2v) is 16.9. The van der Waals surface area contributed by atoms with Crippen LogP contribution in [-0.2, 0) is 21.4 Å². The third kappa shape index (κ3) is 8.56. The molecule has 2 saturated heterocycles. The second kappa shape index (κ2) is 15.6. The molecule has 1 atom stereocenters. The van der Waals surface area contributed by atoms with Gasteiger partial charge in [0.2, 0.25) is 5.91 Å². The lowest BCUT2D eigenvalue weighted by Crippen LogP contribution is -2.59. The zero-order valence-corrected chi connectivity index (χ0v) is 30.9. The smallest absolute Gasteiger partial charge is 0.310 e. The molecule has 1 saturated carbocycles. The number of thiophene rings is 1. The van der Waals surface area contributed by atoms with E-state index < -0.39 is 17.9 Å². The van der Waals surface area contributed by atoms with Gasteiger partial charge in [0.05, 0.1) is 28.9 Å². The van der Waals surface area contributed by atoms with Crippen LogP contribution in [0.4, 0.5) is 5.69 Å². The highest BCUT2D eigenvalue weighted by atomic mass is 32.1. The van der Waals surface area contributed by atoms with Crippen molar-refractivity contribution in [2.45, 2.75) is 96.9 Å². The minimum atomic E-state index is -0.909. The molecule has 1 aliphatic carbocycles. The molecule has 2 N–H and O–H groups in total. The van der Waals surface area contributed by atoms with E-state index in [2.05, 4.69) is 37.9 Å². The van der Waals surface area contributed by atoms with Gasteiger partial charge in [-0.3, -0.25) is 14.4 Å². The molecule has 2 aliphatic heterocycles. The first kappa shape index (κ1) is 36.0. The van der Waals surface area contributed by atoms with Crippen LogP contribution in [0.2, 0.25) is 0 Å². The van der Waals surface area contributed by atoms with Gasteiger partial charge in [0, 0.05) is 43.0 Å². The quantitative estimate of drug-likeness (QED) is 0.217. The number of likely N-dealkylation sites (tertiary alicyclic amines) is 1. The maximum atomic E-state index is 13.5. The van der Waals surface area contributed by atoms with Gasteiger partial charge in [-0.1, -0.05) is 77.6 Å². The van der Waals surface area contributed by atoms with Gasteiger partial charge in [0.25, 0.3) is 5.91 Å². The molecule has 0 bridgehead atoms. The van der Waals surface area contributed by atoms with Gasteiger partial charge in [0.15, 0.2) is 5.82 Å². The summed E-state index contributed by atoms with van der Waals surface area (Å²) in [6.45, 7) is 11.0. The standard InChI is InChI=1S/C40H53N5O4S/c1-5-6-26-7-11-28(12-8-26)29-17-19-44(20-18-29)32-22-41-36(42-23-32)30-13-9-27(10-14-30)21-33(38(47)45-24-31(25-45)39(48)49)43-37(46)34-15-16-35(50-34)40(2,3)4/h9-10,13-16,22-23,26,28-29,31,33H,5-8,11-12,17-21,24-25H2,1-4H3,(H,43,46)(H,48,49). The van der Waals surface area contributed by atoms with Crippen molar-refractivity contribution in [1.82, 2.24) is 20.2 Å². The average Bonchev–Trinajstić information content (AvgIpc) is 3.60. The van der Waals surface area contributed by atoms with Crippen LogP contribution in [0.25, 0.3) is 11.4 Å². The number of hydrogen-bond donors (Lipinski definition) is 2. The Balaban J connectivity index is 1.06. The molecule has 10 heteroatoms. The minimum Gasteiger partial charge on any atom is -0.481 e. The van der Waals surface area contributed by atoms with Crippen molar-refractivity contribution in [2.24, 2.45) is 23.7 Å². The van der Waals surface area contributed by atoms with Crippen LogP contribution in [0.15, 0.2) is 48.8 Å². The van der Waals surface area contributed by atoms with E-state index in [1.165, 1.54) is 67.6 Å². The molecule has 4 heterocycles. The zero-order chi connectivity index (χ0) is 35.4. The van der Waals surface area contributed by atoms with Gasteiger partial charge >= 0.3 is 5.97 Å². The number of carboxylic acids is 1. The maximum Gasteiger partial charge on any atom is 0.310 e. The van der Waals surface area contributed by atoms with Crippen LogP contribution in [0, 0.1) is 23.7 Å². The van der Waals surface area contributed by atoms with Crippen molar-refractivity contribution < 1.29 is 19.5 Å². The van der Waals surface area contributed by atoms with E-state index in [9.17, 15) is 19.5 Å². The summed E-state index contributed by atoms with van der Waals surface area (Å²) in [6.07, 6.45) is 15.0. The van der Waals surface area contributed by atoms with Crippen molar-refractivity contribution in [1.29, 1.82) is 0 Å². The Hall–Kier alpha value is -3.79. The number of benzene rings is 1. The molecule has 3 aromatic rings. The van der Waals surface area contributed by atoms with Crippen LogP contribution < -0.4 is 10.2 Å². The Labute approximate surface area is 300 Å². The molecule has 3 fully saturated rings. The Morgan fingerprint density at radius 2 is 1.56 bits per heavy atom. The first-order valence-electron chi connectivity index (χ1n) is 18.6. The fourth-order valence-electron chi connectivity index (χ4n) is 7.97. The summed E-state index contributed by atoms with van der Waals surface area (Å²) in [5.41, 5.74) is 2.74. The molecule has 1 unspecified atom stereocenters. The number of carboxylic acid groups (broad SMARTS) is 1. The second-order valence-electron chi connectivity index (χ2n) is 15.8. The lowest BCUT2D eigenvalue weighted by atomic mass is 9.72. The summed E-state index contributed by atoms with van der Waals surface area (Å²) in [6, 6.07) is 10.7. The normalized spacial score (nSPS) is 21.0. The SMILES string of the molecule is CCCC1CCC(C2CCN(c3cnc(-c4ccc(CC(NC(=O)c5ccc(C(C)(C)C)s5)C(=O)N5CC(C(=O)O)C5)cc4)nc3)CC2)CC1. The highest BCUT2D eigenvalue weighted by Crippen LogP contribution is 2.40. The molecule has 2 aromatic heterocycles. The van der Waals surface area contributed by atoms with Crippen molar-refractivity contribution in [3.05, 3.63) is 64.1 Å². The van der Waals surface area contributed by atoms with Gasteiger partial charge in [-0.2, -0.15) is 0 Å². The van der Waals surface area contributed by atoms with Gasteiger partial charge in [0.1, 0.15) is 6.04 Å². The molecule has 3 aliphatic rings. The van der Waals surface area contributed by atoms with Crippen molar-refractivity contribution in [3.8, 4) is 11.4 Å². The summed E-state index contributed by atoms with van der Waals surface area (Å²) >= 11 is 1.43. The number of rotatable bonds is 11. The molecule has 1 aromatic carbocycles.